The summed E-state index contributed by atoms with van der Waals surface area (Å²) in [5.74, 6) is 0.403. The molecular formula is C19H22F4IN3O. The van der Waals surface area contributed by atoms with Gasteiger partial charge in [-0.3, -0.25) is 4.99 Å². The van der Waals surface area contributed by atoms with Crippen molar-refractivity contribution < 1.29 is 22.3 Å². The number of hydrogen-bond acceptors (Lipinski definition) is 2. The molecule has 0 atom stereocenters. The normalized spacial score (nSPS) is 11.5. The van der Waals surface area contributed by atoms with Crippen molar-refractivity contribution in [2.45, 2.75) is 19.1 Å². The van der Waals surface area contributed by atoms with Crippen molar-refractivity contribution in [3.63, 3.8) is 0 Å². The summed E-state index contributed by atoms with van der Waals surface area (Å²) in [7, 11) is 1.60. The summed E-state index contributed by atoms with van der Waals surface area (Å²) in [6, 6.07) is 12.9. The zero-order valence-corrected chi connectivity index (χ0v) is 17.6. The largest absolute Gasteiger partial charge is 0.484 e. The van der Waals surface area contributed by atoms with Crippen LogP contribution in [0, 0.1) is 5.82 Å². The number of nitrogens with one attached hydrogen (secondary N) is 2. The summed E-state index contributed by atoms with van der Waals surface area (Å²) in [5.41, 5.74) is 1.35. The van der Waals surface area contributed by atoms with Crippen LogP contribution in [0.4, 0.5) is 17.6 Å². The van der Waals surface area contributed by atoms with Crippen molar-refractivity contribution in [3.8, 4) is 5.75 Å². The van der Waals surface area contributed by atoms with E-state index in [1.165, 1.54) is 18.2 Å². The highest BCUT2D eigenvalue weighted by molar-refractivity contribution is 14.0. The number of halogens is 5. The minimum absolute atomic E-state index is 0. The van der Waals surface area contributed by atoms with Crippen LogP contribution in [0.1, 0.15) is 11.1 Å². The number of guanidine groups is 1. The fourth-order valence-corrected chi connectivity index (χ4v) is 2.33. The van der Waals surface area contributed by atoms with Crippen LogP contribution in [0.5, 0.6) is 5.75 Å². The van der Waals surface area contributed by atoms with E-state index in [4.69, 9.17) is 4.74 Å². The molecule has 0 spiro atoms. The molecule has 0 amide bonds. The predicted octanol–water partition coefficient (Wildman–Crippen LogP) is 4.29. The summed E-state index contributed by atoms with van der Waals surface area (Å²) in [6.07, 6.45) is -3.88. The van der Waals surface area contributed by atoms with E-state index in [0.717, 1.165) is 5.56 Å². The molecule has 0 radical (unpaired) electrons. The van der Waals surface area contributed by atoms with Crippen molar-refractivity contribution in [3.05, 3.63) is 65.5 Å². The Morgan fingerprint density at radius 1 is 1.07 bits per heavy atom. The SMILES string of the molecule is CN=C(NCCc1ccccc1F)NCc1cccc(OCC(F)(F)F)c1.I. The van der Waals surface area contributed by atoms with Gasteiger partial charge in [0.15, 0.2) is 12.6 Å². The van der Waals surface area contributed by atoms with Crippen LogP contribution in [0.2, 0.25) is 0 Å². The van der Waals surface area contributed by atoms with Crippen LogP contribution in [-0.2, 0) is 13.0 Å². The van der Waals surface area contributed by atoms with E-state index in [1.54, 1.807) is 37.4 Å². The quantitative estimate of drug-likeness (QED) is 0.253. The molecule has 0 saturated heterocycles. The first-order chi connectivity index (χ1) is 12.9. The Hall–Kier alpha value is -2.04. The Bertz CT molecular complexity index is 769. The lowest BCUT2D eigenvalue weighted by Gasteiger charge is -2.13. The van der Waals surface area contributed by atoms with Crippen molar-refractivity contribution in [1.82, 2.24) is 10.6 Å². The molecule has 0 aliphatic rings. The lowest BCUT2D eigenvalue weighted by Crippen LogP contribution is -2.37. The fourth-order valence-electron chi connectivity index (χ4n) is 2.33. The van der Waals surface area contributed by atoms with Crippen molar-refractivity contribution >= 4 is 29.9 Å². The number of hydrogen-bond donors (Lipinski definition) is 2. The van der Waals surface area contributed by atoms with Gasteiger partial charge >= 0.3 is 6.18 Å². The topological polar surface area (TPSA) is 45.7 Å². The molecule has 28 heavy (non-hydrogen) atoms. The second-order valence-electron chi connectivity index (χ2n) is 5.75. The molecule has 0 unspecified atom stereocenters. The molecule has 0 aliphatic heterocycles. The Morgan fingerprint density at radius 2 is 1.82 bits per heavy atom. The number of nitrogens with zero attached hydrogens (tertiary/aromatic N) is 1. The van der Waals surface area contributed by atoms with Crippen molar-refractivity contribution in [1.29, 1.82) is 0 Å². The number of aliphatic imine (C=N–C) groups is 1. The molecule has 0 aromatic heterocycles. The van der Waals surface area contributed by atoms with Crippen LogP contribution < -0.4 is 15.4 Å². The number of benzene rings is 2. The smallest absolute Gasteiger partial charge is 0.422 e. The van der Waals surface area contributed by atoms with Gasteiger partial charge < -0.3 is 15.4 Å². The number of ether oxygens (including phenoxy) is 1. The van der Waals surface area contributed by atoms with Crippen LogP contribution >= 0.6 is 24.0 Å². The minimum Gasteiger partial charge on any atom is -0.484 e. The minimum atomic E-state index is -4.38. The first-order valence-electron chi connectivity index (χ1n) is 8.34. The summed E-state index contributed by atoms with van der Waals surface area (Å²) in [4.78, 5) is 4.07. The molecule has 2 aromatic rings. The van der Waals surface area contributed by atoms with E-state index in [-0.39, 0.29) is 35.5 Å². The van der Waals surface area contributed by atoms with Gasteiger partial charge in [0.25, 0.3) is 0 Å². The van der Waals surface area contributed by atoms with Gasteiger partial charge in [-0.15, -0.1) is 24.0 Å². The van der Waals surface area contributed by atoms with E-state index in [2.05, 4.69) is 15.6 Å². The second-order valence-corrected chi connectivity index (χ2v) is 5.75. The highest BCUT2D eigenvalue weighted by Crippen LogP contribution is 2.19. The summed E-state index contributed by atoms with van der Waals surface area (Å²) >= 11 is 0. The maximum atomic E-state index is 13.6. The standard InChI is InChI=1S/C19H21F4N3O.HI/c1-24-18(25-10-9-15-6-2-3-8-17(15)20)26-12-14-5-4-7-16(11-14)27-13-19(21,22)23;/h2-8,11H,9-10,12-13H2,1H3,(H2,24,25,26);1H. The molecule has 4 nitrogen and oxygen atoms in total. The molecular weight excluding hydrogens is 489 g/mol. The van der Waals surface area contributed by atoms with E-state index in [9.17, 15) is 17.6 Å². The molecule has 0 bridgehead atoms. The summed E-state index contributed by atoms with van der Waals surface area (Å²) < 4.78 is 55.0. The Balaban J connectivity index is 0.00000392. The molecule has 2 rings (SSSR count). The van der Waals surface area contributed by atoms with Crippen LogP contribution in [0.3, 0.4) is 0 Å². The lowest BCUT2D eigenvalue weighted by atomic mass is 10.1. The molecule has 0 heterocycles. The number of rotatable bonds is 7. The predicted molar refractivity (Wildman–Crippen MR) is 112 cm³/mol. The Labute approximate surface area is 178 Å². The van der Waals surface area contributed by atoms with Crippen molar-refractivity contribution in [2.24, 2.45) is 4.99 Å². The van der Waals surface area contributed by atoms with Gasteiger partial charge in [-0.25, -0.2) is 4.39 Å². The van der Waals surface area contributed by atoms with Gasteiger partial charge in [-0.1, -0.05) is 30.3 Å². The molecule has 154 valence electrons. The second kappa shape index (κ2) is 11.7. The molecule has 2 aromatic carbocycles. The number of alkyl halides is 3. The van der Waals surface area contributed by atoms with E-state index in [0.29, 0.717) is 31.0 Å². The van der Waals surface area contributed by atoms with E-state index in [1.807, 2.05) is 0 Å². The van der Waals surface area contributed by atoms with Crippen LogP contribution in [-0.4, -0.2) is 32.3 Å². The molecule has 0 aliphatic carbocycles. The van der Waals surface area contributed by atoms with Crippen molar-refractivity contribution in [2.75, 3.05) is 20.2 Å². The average molecular weight is 511 g/mol. The maximum Gasteiger partial charge on any atom is 0.422 e. The lowest BCUT2D eigenvalue weighted by molar-refractivity contribution is -0.153. The zero-order valence-electron chi connectivity index (χ0n) is 15.2. The molecule has 0 saturated carbocycles. The maximum absolute atomic E-state index is 13.6. The fraction of sp³-hybridized carbons (Fsp3) is 0.316. The van der Waals surface area contributed by atoms with Gasteiger partial charge in [-0.2, -0.15) is 13.2 Å². The van der Waals surface area contributed by atoms with Gasteiger partial charge in [0.05, 0.1) is 0 Å². The van der Waals surface area contributed by atoms with Crippen LogP contribution in [0.25, 0.3) is 0 Å². The average Bonchev–Trinajstić information content (AvgIpc) is 2.64. The Kier molecular flexibility index (Phi) is 10.0. The first-order valence-corrected chi connectivity index (χ1v) is 8.34. The molecule has 2 N–H and O–H groups in total. The van der Waals surface area contributed by atoms with Gasteiger partial charge in [0.1, 0.15) is 11.6 Å². The third-order valence-corrected chi connectivity index (χ3v) is 3.63. The monoisotopic (exact) mass is 511 g/mol. The van der Waals surface area contributed by atoms with Gasteiger partial charge in [-0.05, 0) is 35.7 Å². The molecule has 9 heteroatoms. The summed E-state index contributed by atoms with van der Waals surface area (Å²) in [6.45, 7) is -0.499. The van der Waals surface area contributed by atoms with Gasteiger partial charge in [0.2, 0.25) is 0 Å². The highest BCUT2D eigenvalue weighted by atomic mass is 127. The first kappa shape index (κ1) is 24.0. The third kappa shape index (κ3) is 8.77. The molecule has 0 fully saturated rings. The van der Waals surface area contributed by atoms with Gasteiger partial charge in [0, 0.05) is 20.1 Å². The van der Waals surface area contributed by atoms with Crippen LogP contribution in [0.15, 0.2) is 53.5 Å². The summed E-state index contributed by atoms with van der Waals surface area (Å²) in [5, 5.41) is 6.12. The van der Waals surface area contributed by atoms with E-state index >= 15 is 0 Å². The zero-order chi connectivity index (χ0) is 19.7. The third-order valence-electron chi connectivity index (χ3n) is 3.63. The Morgan fingerprint density at radius 3 is 2.50 bits per heavy atom. The highest BCUT2D eigenvalue weighted by Gasteiger charge is 2.28. The van der Waals surface area contributed by atoms with E-state index < -0.39 is 12.8 Å².